The van der Waals surface area contributed by atoms with E-state index >= 15 is 0 Å². The van der Waals surface area contributed by atoms with Crippen molar-refractivity contribution in [1.29, 1.82) is 0 Å². The fourth-order valence-electron chi connectivity index (χ4n) is 8.07. The maximum Gasteiger partial charge on any atom is 0.156 e. The van der Waals surface area contributed by atoms with Crippen LogP contribution in [0.5, 0.6) is 0 Å². The highest BCUT2D eigenvalue weighted by Crippen LogP contribution is 2.65. The minimum Gasteiger partial charge on any atom is -0.300 e. The normalized spacial score (nSPS) is 32.5. The number of hydrogen-bond donors (Lipinski definition) is 0. The Bertz CT molecular complexity index is 1210. The molecule has 5 unspecified atom stereocenters. The Morgan fingerprint density at radius 1 is 1.00 bits per heavy atom. The SMILES string of the molecule is CC(=O)C1CCC2C3CCC4=CC(=O)CCC4=C3C(c3ccc(-c4cccnc4)cc3)CC12C. The van der Waals surface area contributed by atoms with Crippen LogP contribution >= 0.6 is 0 Å². The lowest BCUT2D eigenvalue weighted by Gasteiger charge is -2.52. The lowest BCUT2D eigenvalue weighted by molar-refractivity contribution is -0.125. The molecule has 0 amide bonds. The lowest BCUT2D eigenvalue weighted by Crippen LogP contribution is -2.44. The van der Waals surface area contributed by atoms with E-state index in [9.17, 15) is 9.59 Å². The van der Waals surface area contributed by atoms with Crippen LogP contribution in [0.2, 0.25) is 0 Å². The maximum absolute atomic E-state index is 12.7. The lowest BCUT2D eigenvalue weighted by atomic mass is 9.51. The van der Waals surface area contributed by atoms with Crippen molar-refractivity contribution >= 4 is 11.6 Å². The average Bonchev–Trinajstić information content (AvgIpc) is 3.21. The van der Waals surface area contributed by atoms with Crippen molar-refractivity contribution in [1.82, 2.24) is 4.98 Å². The standard InChI is InChI=1S/C31H33NO2/c1-19(33)28-13-14-29-26-11-9-22-16-24(34)10-12-25(22)30(26)27(17-31(28,29)2)21-7-5-20(6-8-21)23-4-3-15-32-18-23/h3-8,15-16,18,26-29H,9-14,17H2,1-2H3. The number of pyridine rings is 1. The predicted molar refractivity (Wildman–Crippen MR) is 134 cm³/mol. The first-order valence-electron chi connectivity index (χ1n) is 12.9. The second kappa shape index (κ2) is 8.15. The first kappa shape index (κ1) is 21.7. The molecule has 174 valence electrons. The third-order valence-corrected chi connectivity index (χ3v) is 9.53. The Hall–Kier alpha value is -2.81. The van der Waals surface area contributed by atoms with Crippen molar-refractivity contribution in [3.63, 3.8) is 0 Å². The van der Waals surface area contributed by atoms with Gasteiger partial charge in [-0.1, -0.05) is 42.8 Å². The van der Waals surface area contributed by atoms with Gasteiger partial charge in [0.15, 0.2) is 5.78 Å². The van der Waals surface area contributed by atoms with Gasteiger partial charge < -0.3 is 0 Å². The van der Waals surface area contributed by atoms with Crippen LogP contribution in [0.25, 0.3) is 11.1 Å². The number of rotatable bonds is 3. The van der Waals surface area contributed by atoms with Gasteiger partial charge in [0.05, 0.1) is 0 Å². The minimum atomic E-state index is 0.0545. The summed E-state index contributed by atoms with van der Waals surface area (Å²) >= 11 is 0. The molecular formula is C31H33NO2. The fourth-order valence-corrected chi connectivity index (χ4v) is 8.07. The molecule has 1 aromatic heterocycles. The number of allylic oxidation sites excluding steroid dienone is 4. The predicted octanol–water partition coefficient (Wildman–Crippen LogP) is 6.85. The number of hydrogen-bond acceptors (Lipinski definition) is 3. The van der Waals surface area contributed by atoms with E-state index in [0.29, 0.717) is 30.0 Å². The van der Waals surface area contributed by atoms with E-state index < -0.39 is 0 Å². The van der Waals surface area contributed by atoms with E-state index in [1.54, 1.807) is 18.7 Å². The Kier molecular flexibility index (Phi) is 5.20. The summed E-state index contributed by atoms with van der Waals surface area (Å²) in [4.78, 5) is 29.2. The summed E-state index contributed by atoms with van der Waals surface area (Å²) in [7, 11) is 0. The highest BCUT2D eigenvalue weighted by atomic mass is 16.1. The summed E-state index contributed by atoms with van der Waals surface area (Å²) in [6.07, 6.45) is 12.5. The molecule has 5 atom stereocenters. The van der Waals surface area contributed by atoms with Crippen LogP contribution in [0.4, 0.5) is 0 Å². The smallest absolute Gasteiger partial charge is 0.156 e. The van der Waals surface area contributed by atoms with Crippen LogP contribution in [0, 0.1) is 23.2 Å². The second-order valence-electron chi connectivity index (χ2n) is 11.2. The zero-order valence-electron chi connectivity index (χ0n) is 20.2. The average molecular weight is 452 g/mol. The summed E-state index contributed by atoms with van der Waals surface area (Å²) in [5.74, 6) is 2.26. The summed E-state index contributed by atoms with van der Waals surface area (Å²) in [6.45, 7) is 4.21. The molecular weight excluding hydrogens is 418 g/mol. The number of nitrogens with zero attached hydrogens (tertiary/aromatic N) is 1. The Balaban J connectivity index is 1.46. The van der Waals surface area contributed by atoms with Gasteiger partial charge in [0, 0.05) is 30.7 Å². The molecule has 0 saturated heterocycles. The molecule has 34 heavy (non-hydrogen) atoms. The molecule has 0 bridgehead atoms. The molecule has 0 spiro atoms. The van der Waals surface area contributed by atoms with Gasteiger partial charge in [-0.25, -0.2) is 0 Å². The zero-order valence-corrected chi connectivity index (χ0v) is 20.2. The maximum atomic E-state index is 12.7. The number of ketones is 2. The van der Waals surface area contributed by atoms with Crippen LogP contribution in [-0.2, 0) is 9.59 Å². The topological polar surface area (TPSA) is 47.0 Å². The van der Waals surface area contributed by atoms with Crippen LogP contribution in [0.1, 0.15) is 70.3 Å². The molecule has 2 fully saturated rings. The molecule has 0 aliphatic heterocycles. The van der Waals surface area contributed by atoms with Crippen LogP contribution < -0.4 is 0 Å². The Morgan fingerprint density at radius 2 is 1.82 bits per heavy atom. The number of carbonyl (C=O) groups is 2. The minimum absolute atomic E-state index is 0.0545. The van der Waals surface area contributed by atoms with Gasteiger partial charge in [-0.2, -0.15) is 0 Å². The molecule has 6 rings (SSSR count). The quantitative estimate of drug-likeness (QED) is 0.512. The van der Waals surface area contributed by atoms with Gasteiger partial charge in [-0.15, -0.1) is 0 Å². The largest absolute Gasteiger partial charge is 0.300 e. The second-order valence-corrected chi connectivity index (χ2v) is 11.2. The molecule has 0 radical (unpaired) electrons. The van der Waals surface area contributed by atoms with Crippen molar-refractivity contribution in [2.75, 3.05) is 0 Å². The number of fused-ring (bicyclic) bond motifs is 4. The summed E-state index contributed by atoms with van der Waals surface area (Å²) in [5.41, 5.74) is 8.10. The zero-order chi connectivity index (χ0) is 23.4. The fraction of sp³-hybridized carbons (Fsp3) is 0.452. The molecule has 0 N–H and O–H groups in total. The van der Waals surface area contributed by atoms with E-state index in [-0.39, 0.29) is 17.1 Å². The van der Waals surface area contributed by atoms with Crippen molar-refractivity contribution in [3.05, 3.63) is 77.2 Å². The third-order valence-electron chi connectivity index (χ3n) is 9.53. The third kappa shape index (κ3) is 3.35. The highest BCUT2D eigenvalue weighted by Gasteiger charge is 2.57. The summed E-state index contributed by atoms with van der Waals surface area (Å²) < 4.78 is 0. The van der Waals surface area contributed by atoms with Crippen LogP contribution in [-0.4, -0.2) is 16.6 Å². The molecule has 1 heterocycles. The van der Waals surface area contributed by atoms with Gasteiger partial charge in [0.25, 0.3) is 0 Å². The van der Waals surface area contributed by atoms with Crippen molar-refractivity contribution < 1.29 is 9.59 Å². The molecule has 4 aliphatic rings. The van der Waals surface area contributed by atoms with Gasteiger partial charge >= 0.3 is 0 Å². The van der Waals surface area contributed by atoms with Crippen molar-refractivity contribution in [2.45, 2.75) is 64.7 Å². The van der Waals surface area contributed by atoms with Gasteiger partial charge in [0.1, 0.15) is 5.78 Å². The van der Waals surface area contributed by atoms with E-state index in [2.05, 4.69) is 42.2 Å². The van der Waals surface area contributed by atoms with Crippen molar-refractivity contribution in [3.8, 4) is 11.1 Å². The molecule has 3 nitrogen and oxygen atoms in total. The number of carbonyl (C=O) groups excluding carboxylic acids is 2. The summed E-state index contributed by atoms with van der Waals surface area (Å²) in [5, 5.41) is 0. The summed E-state index contributed by atoms with van der Waals surface area (Å²) in [6, 6.07) is 13.1. The molecule has 2 aromatic rings. The van der Waals surface area contributed by atoms with E-state index in [0.717, 1.165) is 44.1 Å². The highest BCUT2D eigenvalue weighted by molar-refractivity contribution is 5.93. The first-order valence-corrected chi connectivity index (χ1v) is 12.9. The monoisotopic (exact) mass is 451 g/mol. The van der Waals surface area contributed by atoms with E-state index in [4.69, 9.17) is 0 Å². The number of Topliss-reactive ketones (excluding diaryl/α,β-unsaturated/α-hetero) is 1. The van der Waals surface area contributed by atoms with E-state index in [1.165, 1.54) is 22.3 Å². The molecule has 2 saturated carbocycles. The van der Waals surface area contributed by atoms with Crippen molar-refractivity contribution in [2.24, 2.45) is 23.2 Å². The molecule has 4 aliphatic carbocycles. The molecule has 1 aromatic carbocycles. The van der Waals surface area contributed by atoms with Gasteiger partial charge in [-0.3, -0.25) is 14.6 Å². The van der Waals surface area contributed by atoms with E-state index in [1.807, 2.05) is 18.3 Å². The number of benzene rings is 1. The number of aromatic nitrogens is 1. The van der Waals surface area contributed by atoms with Crippen LogP contribution in [0.3, 0.4) is 0 Å². The van der Waals surface area contributed by atoms with Gasteiger partial charge in [-0.05, 0) is 103 Å². The Morgan fingerprint density at radius 3 is 2.56 bits per heavy atom. The Labute approximate surface area is 202 Å². The molecule has 3 heteroatoms. The first-order chi connectivity index (χ1) is 16.5. The van der Waals surface area contributed by atoms with Gasteiger partial charge in [0.2, 0.25) is 0 Å². The van der Waals surface area contributed by atoms with Crippen LogP contribution in [0.15, 0.2) is 71.6 Å².